The summed E-state index contributed by atoms with van der Waals surface area (Å²) in [6, 6.07) is 7.97. The molecular formula is C19H30O3. The van der Waals surface area contributed by atoms with Crippen molar-refractivity contribution in [2.24, 2.45) is 17.3 Å². The Labute approximate surface area is 135 Å². The van der Waals surface area contributed by atoms with Crippen LogP contribution in [0.25, 0.3) is 0 Å². The quantitative estimate of drug-likeness (QED) is 0.717. The second-order valence-electron chi connectivity index (χ2n) is 7.11. The third kappa shape index (κ3) is 4.25. The maximum absolute atomic E-state index is 12.6. The second kappa shape index (κ2) is 7.66. The van der Waals surface area contributed by atoms with Gasteiger partial charge in [0, 0.05) is 5.92 Å². The van der Waals surface area contributed by atoms with Crippen molar-refractivity contribution in [1.29, 1.82) is 0 Å². The largest absolute Gasteiger partial charge is 0.496 e. The molecule has 1 aromatic carbocycles. The van der Waals surface area contributed by atoms with Gasteiger partial charge in [0.1, 0.15) is 5.75 Å². The predicted octanol–water partition coefficient (Wildman–Crippen LogP) is 4.66. The fraction of sp³-hybridized carbons (Fsp3) is 0.632. The van der Waals surface area contributed by atoms with Crippen LogP contribution < -0.4 is 4.74 Å². The number of ether oxygens (including phenoxy) is 2. The maximum Gasteiger partial charge on any atom is 0.309 e. The van der Waals surface area contributed by atoms with Crippen molar-refractivity contribution in [3.8, 4) is 5.75 Å². The van der Waals surface area contributed by atoms with E-state index in [-0.39, 0.29) is 29.1 Å². The summed E-state index contributed by atoms with van der Waals surface area (Å²) in [6.07, 6.45) is 0. The van der Waals surface area contributed by atoms with Gasteiger partial charge in [0.15, 0.2) is 0 Å². The van der Waals surface area contributed by atoms with Crippen LogP contribution in [0.4, 0.5) is 0 Å². The topological polar surface area (TPSA) is 35.5 Å². The van der Waals surface area contributed by atoms with Gasteiger partial charge in [-0.25, -0.2) is 0 Å². The Balaban J connectivity index is 3.41. The Morgan fingerprint density at radius 3 is 2.23 bits per heavy atom. The van der Waals surface area contributed by atoms with Gasteiger partial charge >= 0.3 is 5.97 Å². The fourth-order valence-electron chi connectivity index (χ4n) is 3.15. The summed E-state index contributed by atoms with van der Waals surface area (Å²) in [7, 11) is 1.67. The minimum absolute atomic E-state index is 0.0303. The van der Waals surface area contributed by atoms with Crippen LogP contribution in [0, 0.1) is 17.3 Å². The van der Waals surface area contributed by atoms with Crippen molar-refractivity contribution in [1.82, 2.24) is 0 Å². The summed E-state index contributed by atoms with van der Waals surface area (Å²) in [5.41, 5.74) is 0.986. The van der Waals surface area contributed by atoms with Crippen LogP contribution >= 0.6 is 0 Å². The number of methoxy groups -OCH3 is 1. The van der Waals surface area contributed by atoms with E-state index in [1.54, 1.807) is 7.11 Å². The molecule has 0 N–H and O–H groups in total. The molecule has 3 nitrogen and oxygen atoms in total. The zero-order valence-corrected chi connectivity index (χ0v) is 15.0. The Kier molecular flexibility index (Phi) is 6.46. The molecule has 0 saturated carbocycles. The van der Waals surface area contributed by atoms with E-state index in [1.807, 2.05) is 25.1 Å². The van der Waals surface area contributed by atoms with Crippen LogP contribution in [0.1, 0.15) is 53.0 Å². The molecule has 22 heavy (non-hydrogen) atoms. The van der Waals surface area contributed by atoms with Crippen molar-refractivity contribution in [3.05, 3.63) is 29.8 Å². The first kappa shape index (κ1) is 18.5. The number of esters is 1. The number of para-hydroxylation sites is 1. The number of hydrogen-bond donors (Lipinski definition) is 0. The van der Waals surface area contributed by atoms with Crippen LogP contribution in [0.5, 0.6) is 5.75 Å². The normalized spacial score (nSPS) is 14.5. The minimum atomic E-state index is -0.198. The zero-order valence-electron chi connectivity index (χ0n) is 15.0. The van der Waals surface area contributed by atoms with Crippen molar-refractivity contribution in [3.63, 3.8) is 0 Å². The Morgan fingerprint density at radius 2 is 1.77 bits per heavy atom. The highest BCUT2D eigenvalue weighted by molar-refractivity contribution is 5.74. The highest BCUT2D eigenvalue weighted by Crippen LogP contribution is 2.47. The minimum Gasteiger partial charge on any atom is -0.496 e. The molecule has 0 aliphatic heterocycles. The zero-order chi connectivity index (χ0) is 16.9. The van der Waals surface area contributed by atoms with Gasteiger partial charge in [-0.15, -0.1) is 0 Å². The Bertz CT molecular complexity index is 486. The number of rotatable bonds is 6. The lowest BCUT2D eigenvalue weighted by Gasteiger charge is -2.38. The second-order valence-corrected chi connectivity index (χ2v) is 7.11. The van der Waals surface area contributed by atoms with Gasteiger partial charge in [0.2, 0.25) is 0 Å². The van der Waals surface area contributed by atoms with Crippen LogP contribution in [-0.2, 0) is 9.53 Å². The highest BCUT2D eigenvalue weighted by Gasteiger charge is 2.41. The van der Waals surface area contributed by atoms with Crippen molar-refractivity contribution < 1.29 is 14.3 Å². The van der Waals surface area contributed by atoms with Crippen molar-refractivity contribution >= 4 is 5.97 Å². The monoisotopic (exact) mass is 306 g/mol. The third-order valence-electron chi connectivity index (χ3n) is 4.04. The summed E-state index contributed by atoms with van der Waals surface area (Å²) in [4.78, 5) is 12.6. The van der Waals surface area contributed by atoms with E-state index in [4.69, 9.17) is 9.47 Å². The molecule has 0 aliphatic carbocycles. The molecule has 1 rings (SSSR count). The molecule has 0 aromatic heterocycles. The fourth-order valence-corrected chi connectivity index (χ4v) is 3.15. The molecule has 1 aromatic rings. The highest BCUT2D eigenvalue weighted by atomic mass is 16.5. The van der Waals surface area contributed by atoms with E-state index in [2.05, 4.69) is 40.7 Å². The first-order valence-corrected chi connectivity index (χ1v) is 8.03. The van der Waals surface area contributed by atoms with Gasteiger partial charge in [0.25, 0.3) is 0 Å². The molecule has 124 valence electrons. The van der Waals surface area contributed by atoms with E-state index >= 15 is 0 Å². The number of benzene rings is 1. The van der Waals surface area contributed by atoms with E-state index in [9.17, 15) is 4.79 Å². The van der Waals surface area contributed by atoms with Crippen molar-refractivity contribution in [2.75, 3.05) is 13.7 Å². The SMILES string of the molecule is CCOC(=O)C(C(C)C)C(c1ccccc1OC)C(C)(C)C. The molecule has 0 heterocycles. The average Bonchev–Trinajstić information content (AvgIpc) is 2.43. The van der Waals surface area contributed by atoms with E-state index in [1.165, 1.54) is 0 Å². The lowest BCUT2D eigenvalue weighted by molar-refractivity contribution is -0.152. The summed E-state index contributed by atoms with van der Waals surface area (Å²) in [5, 5.41) is 0. The van der Waals surface area contributed by atoms with E-state index < -0.39 is 0 Å². The van der Waals surface area contributed by atoms with Crippen LogP contribution in [0.3, 0.4) is 0 Å². The molecular weight excluding hydrogens is 276 g/mol. The van der Waals surface area contributed by atoms with Crippen LogP contribution in [0.2, 0.25) is 0 Å². The molecule has 0 spiro atoms. The van der Waals surface area contributed by atoms with Crippen molar-refractivity contribution in [2.45, 2.75) is 47.5 Å². The van der Waals surface area contributed by atoms with Gasteiger partial charge in [-0.05, 0) is 29.9 Å². The first-order chi connectivity index (χ1) is 10.2. The Hall–Kier alpha value is -1.51. The average molecular weight is 306 g/mol. The number of carbonyl (C=O) groups is 1. The van der Waals surface area contributed by atoms with Gasteiger partial charge in [-0.2, -0.15) is 0 Å². The molecule has 0 radical (unpaired) electrons. The number of carbonyl (C=O) groups excluding carboxylic acids is 1. The van der Waals surface area contributed by atoms with Gasteiger partial charge in [-0.1, -0.05) is 52.8 Å². The van der Waals surface area contributed by atoms with E-state index in [0.717, 1.165) is 11.3 Å². The molecule has 0 saturated heterocycles. The smallest absolute Gasteiger partial charge is 0.309 e. The third-order valence-corrected chi connectivity index (χ3v) is 4.04. The molecule has 0 bridgehead atoms. The van der Waals surface area contributed by atoms with E-state index in [0.29, 0.717) is 6.61 Å². The van der Waals surface area contributed by atoms with Gasteiger partial charge < -0.3 is 9.47 Å². The summed E-state index contributed by atoms with van der Waals surface area (Å²) < 4.78 is 10.9. The molecule has 0 fully saturated rings. The molecule has 3 heteroatoms. The lowest BCUT2D eigenvalue weighted by Crippen LogP contribution is -2.36. The first-order valence-electron chi connectivity index (χ1n) is 8.03. The summed E-state index contributed by atoms with van der Waals surface area (Å²) >= 11 is 0. The lowest BCUT2D eigenvalue weighted by atomic mass is 9.66. The molecule has 2 atom stereocenters. The molecule has 0 aliphatic rings. The summed E-state index contributed by atoms with van der Waals surface area (Å²) in [5.74, 6) is 0.729. The maximum atomic E-state index is 12.6. The summed E-state index contributed by atoms with van der Waals surface area (Å²) in [6.45, 7) is 12.9. The predicted molar refractivity (Wildman–Crippen MR) is 90.2 cm³/mol. The van der Waals surface area contributed by atoms with Gasteiger partial charge in [0.05, 0.1) is 19.6 Å². The van der Waals surface area contributed by atoms with Crippen LogP contribution in [-0.4, -0.2) is 19.7 Å². The Morgan fingerprint density at radius 1 is 1.18 bits per heavy atom. The van der Waals surface area contributed by atoms with Crippen LogP contribution in [0.15, 0.2) is 24.3 Å². The molecule has 2 unspecified atom stereocenters. The number of hydrogen-bond acceptors (Lipinski definition) is 3. The van der Waals surface area contributed by atoms with Gasteiger partial charge in [-0.3, -0.25) is 4.79 Å². The standard InChI is InChI=1S/C19H30O3/c1-8-22-18(20)16(13(2)3)17(19(4,5)6)14-11-9-10-12-15(14)21-7/h9-13,16-17H,8H2,1-7H3. The molecule has 0 amide bonds.